The quantitative estimate of drug-likeness (QED) is 0.456. The molecule has 0 aliphatic rings. The van der Waals surface area contributed by atoms with Gasteiger partial charge in [-0.15, -0.1) is 0 Å². The Bertz CT molecular complexity index is 418. The average molecular weight is 228 g/mol. The number of hydrogen-bond donors (Lipinski definition) is 1. The number of nitrogen functional groups attached to an aromatic ring is 1. The van der Waals surface area contributed by atoms with Crippen LogP contribution in [0.5, 0.6) is 0 Å². The molecule has 1 aromatic rings. The van der Waals surface area contributed by atoms with Gasteiger partial charge in [-0.2, -0.15) is 0 Å². The molecule has 0 aromatic heterocycles. The first kappa shape index (κ1) is 10.9. The predicted molar refractivity (Wildman–Crippen MR) is 58.4 cm³/mol. The highest BCUT2D eigenvalue weighted by Crippen LogP contribution is 2.30. The van der Waals surface area contributed by atoms with Gasteiger partial charge in [0.1, 0.15) is 6.29 Å². The highest BCUT2D eigenvalue weighted by atomic mass is 35.5. The van der Waals surface area contributed by atoms with Crippen LogP contribution in [0.15, 0.2) is 12.1 Å². The summed E-state index contributed by atoms with van der Waals surface area (Å²) in [7, 11) is 0. The summed E-state index contributed by atoms with van der Waals surface area (Å²) in [5.74, 6) is 5.37. The highest BCUT2D eigenvalue weighted by molar-refractivity contribution is 6.44. The average Bonchev–Trinajstić information content (AvgIpc) is 2.18. The minimum absolute atomic E-state index is 0.179. The number of carbonyl (C=O) groups excluding carboxylic acids is 1. The van der Waals surface area contributed by atoms with E-state index in [4.69, 9.17) is 28.9 Å². The first-order chi connectivity index (χ1) is 6.66. The van der Waals surface area contributed by atoms with Crippen LogP contribution in [0.2, 0.25) is 10.0 Å². The first-order valence-corrected chi connectivity index (χ1v) is 4.58. The topological polar surface area (TPSA) is 43.1 Å². The monoisotopic (exact) mass is 227 g/mol. The fourth-order valence-corrected chi connectivity index (χ4v) is 1.23. The van der Waals surface area contributed by atoms with Crippen molar-refractivity contribution in [2.24, 2.45) is 0 Å². The number of rotatable bonds is 1. The standard InChI is InChI=1S/C10H7Cl2NO/c11-9-7(3-1-2-6-14)4-5-8(13)10(9)12/h4-6H,2,13H2. The zero-order valence-electron chi connectivity index (χ0n) is 7.18. The van der Waals surface area contributed by atoms with E-state index in [0.29, 0.717) is 21.3 Å². The normalized spacial score (nSPS) is 9.00. The second kappa shape index (κ2) is 4.90. The van der Waals surface area contributed by atoms with Gasteiger partial charge in [0, 0.05) is 5.56 Å². The van der Waals surface area contributed by atoms with Crippen molar-refractivity contribution in [3.63, 3.8) is 0 Å². The van der Waals surface area contributed by atoms with Crippen molar-refractivity contribution in [2.75, 3.05) is 5.73 Å². The maximum atomic E-state index is 10.0. The third-order valence-corrected chi connectivity index (χ3v) is 2.42. The van der Waals surface area contributed by atoms with E-state index in [9.17, 15) is 4.79 Å². The molecule has 0 spiro atoms. The Morgan fingerprint density at radius 3 is 2.71 bits per heavy atom. The van der Waals surface area contributed by atoms with Gasteiger partial charge < -0.3 is 10.5 Å². The molecule has 0 bridgehead atoms. The summed E-state index contributed by atoms with van der Waals surface area (Å²) in [6.45, 7) is 0. The van der Waals surface area contributed by atoms with Gasteiger partial charge in [-0.05, 0) is 12.1 Å². The van der Waals surface area contributed by atoms with E-state index in [-0.39, 0.29) is 6.42 Å². The molecule has 0 aliphatic heterocycles. The Labute approximate surface area is 92.0 Å². The van der Waals surface area contributed by atoms with E-state index in [1.54, 1.807) is 12.1 Å². The molecule has 72 valence electrons. The maximum absolute atomic E-state index is 10.0. The summed E-state index contributed by atoms with van der Waals surface area (Å²) < 4.78 is 0. The van der Waals surface area contributed by atoms with Crippen LogP contribution in [0.1, 0.15) is 12.0 Å². The molecule has 4 heteroatoms. The Kier molecular flexibility index (Phi) is 3.82. The molecule has 0 atom stereocenters. The third kappa shape index (κ3) is 2.41. The van der Waals surface area contributed by atoms with E-state index in [1.807, 2.05) is 0 Å². The lowest BCUT2D eigenvalue weighted by molar-refractivity contribution is -0.107. The molecule has 0 saturated carbocycles. The number of anilines is 1. The molecular formula is C10H7Cl2NO. The van der Waals surface area contributed by atoms with Crippen LogP contribution in [-0.4, -0.2) is 6.29 Å². The number of benzene rings is 1. The van der Waals surface area contributed by atoms with Crippen LogP contribution in [0, 0.1) is 11.8 Å². The Morgan fingerprint density at radius 2 is 2.07 bits per heavy atom. The molecule has 0 aliphatic carbocycles. The predicted octanol–water partition coefficient (Wildman–Crippen LogP) is 2.52. The van der Waals surface area contributed by atoms with Crippen LogP contribution < -0.4 is 5.73 Å². The Hall–Kier alpha value is -1.17. The van der Waals surface area contributed by atoms with Crippen LogP contribution >= 0.6 is 23.2 Å². The van der Waals surface area contributed by atoms with Gasteiger partial charge in [-0.1, -0.05) is 35.0 Å². The number of carbonyl (C=O) groups is 1. The number of nitrogens with two attached hydrogens (primary N) is 1. The molecule has 0 saturated heterocycles. The van der Waals surface area contributed by atoms with Crippen molar-refractivity contribution in [1.29, 1.82) is 0 Å². The van der Waals surface area contributed by atoms with E-state index < -0.39 is 0 Å². The van der Waals surface area contributed by atoms with Crippen LogP contribution in [-0.2, 0) is 4.79 Å². The summed E-state index contributed by atoms with van der Waals surface area (Å²) in [5, 5.41) is 0.620. The smallest absolute Gasteiger partial charge is 0.131 e. The van der Waals surface area contributed by atoms with Gasteiger partial charge in [0.05, 0.1) is 22.2 Å². The van der Waals surface area contributed by atoms with E-state index in [1.165, 1.54) is 0 Å². The summed E-state index contributed by atoms with van der Waals surface area (Å²) >= 11 is 11.7. The number of hydrogen-bond acceptors (Lipinski definition) is 2. The Morgan fingerprint density at radius 1 is 1.36 bits per heavy atom. The molecule has 0 unspecified atom stereocenters. The van der Waals surface area contributed by atoms with Crippen molar-refractivity contribution >= 4 is 35.2 Å². The van der Waals surface area contributed by atoms with Gasteiger partial charge >= 0.3 is 0 Å². The summed E-state index contributed by atoms with van der Waals surface area (Å²) in [6.07, 6.45) is 0.901. The molecule has 0 amide bonds. The minimum atomic E-state index is 0.179. The molecule has 0 fully saturated rings. The molecule has 1 aromatic carbocycles. The van der Waals surface area contributed by atoms with Gasteiger partial charge in [-0.3, -0.25) is 0 Å². The van der Waals surface area contributed by atoms with Crippen molar-refractivity contribution < 1.29 is 4.79 Å². The van der Waals surface area contributed by atoms with Crippen molar-refractivity contribution in [3.8, 4) is 11.8 Å². The first-order valence-electron chi connectivity index (χ1n) is 3.82. The maximum Gasteiger partial charge on any atom is 0.131 e. The fourth-order valence-electron chi connectivity index (χ4n) is 0.849. The van der Waals surface area contributed by atoms with Crippen LogP contribution in [0.25, 0.3) is 0 Å². The molecule has 0 radical (unpaired) electrons. The molecular weight excluding hydrogens is 221 g/mol. The molecule has 0 heterocycles. The lowest BCUT2D eigenvalue weighted by atomic mass is 10.2. The van der Waals surface area contributed by atoms with Crippen LogP contribution in [0.4, 0.5) is 5.69 Å². The lowest BCUT2D eigenvalue weighted by Gasteiger charge is -2.01. The van der Waals surface area contributed by atoms with Crippen LogP contribution in [0.3, 0.4) is 0 Å². The lowest BCUT2D eigenvalue weighted by Crippen LogP contribution is -1.88. The highest BCUT2D eigenvalue weighted by Gasteiger charge is 2.05. The zero-order valence-corrected chi connectivity index (χ0v) is 8.69. The van der Waals surface area contributed by atoms with Gasteiger partial charge in [0.2, 0.25) is 0 Å². The van der Waals surface area contributed by atoms with Gasteiger partial charge in [0.15, 0.2) is 0 Å². The molecule has 14 heavy (non-hydrogen) atoms. The van der Waals surface area contributed by atoms with Crippen molar-refractivity contribution in [3.05, 3.63) is 27.7 Å². The number of halogens is 2. The van der Waals surface area contributed by atoms with Gasteiger partial charge in [-0.25, -0.2) is 0 Å². The van der Waals surface area contributed by atoms with E-state index >= 15 is 0 Å². The summed E-state index contributed by atoms with van der Waals surface area (Å²) in [6, 6.07) is 3.29. The van der Waals surface area contributed by atoms with Crippen molar-refractivity contribution in [1.82, 2.24) is 0 Å². The minimum Gasteiger partial charge on any atom is -0.397 e. The third-order valence-electron chi connectivity index (χ3n) is 1.52. The summed E-state index contributed by atoms with van der Waals surface area (Å²) in [4.78, 5) is 10.0. The molecule has 1 rings (SSSR count). The molecule has 2 nitrogen and oxygen atoms in total. The van der Waals surface area contributed by atoms with Gasteiger partial charge in [0.25, 0.3) is 0 Å². The van der Waals surface area contributed by atoms with E-state index in [0.717, 1.165) is 6.29 Å². The largest absolute Gasteiger partial charge is 0.397 e. The Balaban J connectivity index is 3.07. The molecule has 2 N–H and O–H groups in total. The second-order valence-corrected chi connectivity index (χ2v) is 3.26. The van der Waals surface area contributed by atoms with E-state index in [2.05, 4.69) is 11.8 Å². The zero-order chi connectivity index (χ0) is 10.6. The SMILES string of the molecule is Nc1ccc(C#CCC=O)c(Cl)c1Cl. The van der Waals surface area contributed by atoms with Crippen molar-refractivity contribution in [2.45, 2.75) is 6.42 Å². The second-order valence-electron chi connectivity index (χ2n) is 2.50. The number of aldehydes is 1. The fraction of sp³-hybridized carbons (Fsp3) is 0.100. The summed E-state index contributed by atoms with van der Waals surface area (Å²) in [5.41, 5.74) is 6.51.